The van der Waals surface area contributed by atoms with Crippen LogP contribution in [-0.4, -0.2) is 40.0 Å². The summed E-state index contributed by atoms with van der Waals surface area (Å²) in [6.45, 7) is 8.17. The summed E-state index contributed by atoms with van der Waals surface area (Å²) in [4.78, 5) is 30.4. The summed E-state index contributed by atoms with van der Waals surface area (Å²) >= 11 is 0. The minimum atomic E-state index is -0.228. The highest BCUT2D eigenvalue weighted by Crippen LogP contribution is 2.39. The van der Waals surface area contributed by atoms with Gasteiger partial charge in [0.05, 0.1) is 17.1 Å². The normalized spacial score (nSPS) is 15.7. The number of aryl methyl sites for hydroxylation is 1. The van der Waals surface area contributed by atoms with Crippen LogP contribution in [-0.2, 0) is 4.79 Å². The molecule has 5 rings (SSSR count). The maximum atomic E-state index is 12.7. The number of pyridine rings is 1. The SMILES string of the molecule is Cc1cnc(Nc2ccc3c(c2)N(C(C)C)C(C)C(=O)N3C)nc1-c1cncc2ccccc12. The molecular weight excluding hydrogens is 424 g/mol. The van der Waals surface area contributed by atoms with Crippen molar-refractivity contribution in [1.82, 2.24) is 15.0 Å². The van der Waals surface area contributed by atoms with Gasteiger partial charge in [-0.25, -0.2) is 9.97 Å². The van der Waals surface area contributed by atoms with E-state index in [0.29, 0.717) is 5.95 Å². The first-order chi connectivity index (χ1) is 16.3. The number of aromatic nitrogens is 3. The molecule has 2 aromatic carbocycles. The Morgan fingerprint density at radius 2 is 1.82 bits per heavy atom. The number of hydrogen-bond donors (Lipinski definition) is 1. The Bertz CT molecular complexity index is 1390. The maximum Gasteiger partial charge on any atom is 0.249 e. The first-order valence-corrected chi connectivity index (χ1v) is 11.5. The molecular formula is C27H28N6O. The Labute approximate surface area is 199 Å². The number of benzene rings is 2. The number of anilines is 4. The predicted molar refractivity (Wildman–Crippen MR) is 138 cm³/mol. The van der Waals surface area contributed by atoms with Crippen LogP contribution in [0.15, 0.2) is 61.1 Å². The zero-order valence-electron chi connectivity index (χ0n) is 20.1. The lowest BCUT2D eigenvalue weighted by atomic mass is 10.0. The highest BCUT2D eigenvalue weighted by molar-refractivity contribution is 6.05. The summed E-state index contributed by atoms with van der Waals surface area (Å²) in [5.74, 6) is 0.606. The fourth-order valence-electron chi connectivity index (χ4n) is 4.75. The largest absolute Gasteiger partial charge is 0.356 e. The number of nitrogens with zero attached hydrogens (tertiary/aromatic N) is 5. The quantitative estimate of drug-likeness (QED) is 0.452. The van der Waals surface area contributed by atoms with Crippen molar-refractivity contribution in [3.63, 3.8) is 0 Å². The summed E-state index contributed by atoms with van der Waals surface area (Å²) in [5.41, 5.74) is 5.59. The Morgan fingerprint density at radius 1 is 1.03 bits per heavy atom. The fourth-order valence-corrected chi connectivity index (χ4v) is 4.75. The monoisotopic (exact) mass is 452 g/mol. The Kier molecular flexibility index (Phi) is 5.40. The van der Waals surface area contributed by atoms with Gasteiger partial charge in [0.2, 0.25) is 11.9 Å². The van der Waals surface area contributed by atoms with Crippen molar-refractivity contribution in [1.29, 1.82) is 0 Å². The van der Waals surface area contributed by atoms with E-state index in [1.807, 2.05) is 63.8 Å². The van der Waals surface area contributed by atoms with Gasteiger partial charge in [0.25, 0.3) is 0 Å². The van der Waals surface area contributed by atoms with E-state index in [4.69, 9.17) is 4.98 Å². The number of amides is 1. The Balaban J connectivity index is 1.54. The standard InChI is InChI=1S/C27H28N6O/c1-16(2)33-18(4)26(34)32(5)23-11-10-20(12-24(23)33)30-27-29-13-17(3)25(31-27)22-15-28-14-19-8-6-7-9-21(19)22/h6-16,18H,1-5H3,(H,29,30,31). The van der Waals surface area contributed by atoms with E-state index >= 15 is 0 Å². The molecule has 1 unspecified atom stereocenters. The molecule has 34 heavy (non-hydrogen) atoms. The van der Waals surface area contributed by atoms with Crippen LogP contribution >= 0.6 is 0 Å². The third-order valence-electron chi connectivity index (χ3n) is 6.43. The topological polar surface area (TPSA) is 74.2 Å². The molecule has 7 heteroatoms. The lowest BCUT2D eigenvalue weighted by Crippen LogP contribution is -2.53. The van der Waals surface area contributed by atoms with Crippen LogP contribution in [0.1, 0.15) is 26.3 Å². The Hall–Kier alpha value is -4.00. The minimum Gasteiger partial charge on any atom is -0.356 e. The van der Waals surface area contributed by atoms with Gasteiger partial charge in [-0.3, -0.25) is 9.78 Å². The van der Waals surface area contributed by atoms with Crippen LogP contribution in [0, 0.1) is 6.92 Å². The van der Waals surface area contributed by atoms with E-state index in [1.165, 1.54) is 0 Å². The zero-order valence-corrected chi connectivity index (χ0v) is 20.1. The van der Waals surface area contributed by atoms with Crippen LogP contribution in [0.3, 0.4) is 0 Å². The second-order valence-electron chi connectivity index (χ2n) is 9.04. The van der Waals surface area contributed by atoms with Crippen molar-refractivity contribution >= 4 is 39.7 Å². The van der Waals surface area contributed by atoms with Crippen molar-refractivity contribution in [2.24, 2.45) is 0 Å². The average Bonchev–Trinajstić information content (AvgIpc) is 2.83. The highest BCUT2D eigenvalue weighted by atomic mass is 16.2. The molecule has 4 aromatic rings. The van der Waals surface area contributed by atoms with E-state index < -0.39 is 0 Å². The third-order valence-corrected chi connectivity index (χ3v) is 6.43. The molecule has 0 saturated heterocycles. The lowest BCUT2D eigenvalue weighted by molar-refractivity contribution is -0.119. The van der Waals surface area contributed by atoms with Gasteiger partial charge < -0.3 is 15.1 Å². The number of hydrogen-bond acceptors (Lipinski definition) is 6. The van der Waals surface area contributed by atoms with Gasteiger partial charge in [-0.15, -0.1) is 0 Å². The molecule has 0 fully saturated rings. The molecule has 0 radical (unpaired) electrons. The van der Waals surface area contributed by atoms with Gasteiger partial charge in [-0.1, -0.05) is 24.3 Å². The fraction of sp³-hybridized carbons (Fsp3) is 0.259. The zero-order chi connectivity index (χ0) is 24.0. The molecule has 1 aliphatic heterocycles. The molecule has 0 aliphatic carbocycles. The van der Waals surface area contributed by atoms with Gasteiger partial charge in [0, 0.05) is 48.3 Å². The van der Waals surface area contributed by atoms with Crippen LogP contribution < -0.4 is 15.1 Å². The van der Waals surface area contributed by atoms with E-state index in [-0.39, 0.29) is 18.0 Å². The van der Waals surface area contributed by atoms with Crippen molar-refractivity contribution < 1.29 is 4.79 Å². The molecule has 1 atom stereocenters. The molecule has 2 aromatic heterocycles. The molecule has 0 bridgehead atoms. The minimum absolute atomic E-state index is 0.0946. The smallest absolute Gasteiger partial charge is 0.249 e. The summed E-state index contributed by atoms with van der Waals surface area (Å²) < 4.78 is 0. The number of carbonyl (C=O) groups excluding carboxylic acids is 1. The van der Waals surface area contributed by atoms with Gasteiger partial charge >= 0.3 is 0 Å². The van der Waals surface area contributed by atoms with Crippen LogP contribution in [0.5, 0.6) is 0 Å². The molecule has 1 amide bonds. The molecule has 1 aliphatic rings. The number of fused-ring (bicyclic) bond motifs is 2. The van der Waals surface area contributed by atoms with Crippen molar-refractivity contribution in [3.8, 4) is 11.3 Å². The second kappa shape index (κ2) is 8.41. The average molecular weight is 453 g/mol. The van der Waals surface area contributed by atoms with E-state index in [9.17, 15) is 4.79 Å². The first-order valence-electron chi connectivity index (χ1n) is 11.5. The molecule has 172 valence electrons. The van der Waals surface area contributed by atoms with Crippen LogP contribution in [0.4, 0.5) is 23.0 Å². The van der Waals surface area contributed by atoms with Crippen LogP contribution in [0.25, 0.3) is 22.0 Å². The number of carbonyl (C=O) groups is 1. The van der Waals surface area contributed by atoms with Crippen molar-refractivity contribution in [2.75, 3.05) is 22.2 Å². The summed E-state index contributed by atoms with van der Waals surface area (Å²) in [7, 11) is 1.83. The second-order valence-corrected chi connectivity index (χ2v) is 9.04. The first kappa shape index (κ1) is 21.8. The molecule has 1 N–H and O–H groups in total. The summed E-state index contributed by atoms with van der Waals surface area (Å²) in [6.07, 6.45) is 5.56. The summed E-state index contributed by atoms with van der Waals surface area (Å²) in [5, 5.41) is 5.54. The van der Waals surface area contributed by atoms with Gasteiger partial charge in [0.1, 0.15) is 6.04 Å². The molecule has 7 nitrogen and oxygen atoms in total. The number of rotatable bonds is 4. The van der Waals surface area contributed by atoms with Gasteiger partial charge in [-0.05, 0) is 56.8 Å². The third kappa shape index (κ3) is 3.63. The number of likely N-dealkylation sites (N-methyl/N-ethyl adjacent to an activating group) is 1. The molecule has 0 spiro atoms. The van der Waals surface area contributed by atoms with Crippen molar-refractivity contribution in [2.45, 2.75) is 39.8 Å². The lowest BCUT2D eigenvalue weighted by Gasteiger charge is -2.42. The van der Waals surface area contributed by atoms with E-state index in [2.05, 4.69) is 52.2 Å². The predicted octanol–water partition coefficient (Wildman–Crippen LogP) is 5.32. The van der Waals surface area contributed by atoms with E-state index in [1.54, 1.807) is 4.90 Å². The Morgan fingerprint density at radius 3 is 2.62 bits per heavy atom. The van der Waals surface area contributed by atoms with Crippen LogP contribution in [0.2, 0.25) is 0 Å². The van der Waals surface area contributed by atoms with Gasteiger partial charge in [0.15, 0.2) is 0 Å². The molecule has 3 heterocycles. The van der Waals surface area contributed by atoms with Gasteiger partial charge in [-0.2, -0.15) is 0 Å². The summed E-state index contributed by atoms with van der Waals surface area (Å²) in [6, 6.07) is 14.1. The highest BCUT2D eigenvalue weighted by Gasteiger charge is 2.35. The number of nitrogens with one attached hydrogen (secondary N) is 1. The maximum absolute atomic E-state index is 12.7. The van der Waals surface area contributed by atoms with E-state index in [0.717, 1.165) is 44.7 Å². The molecule has 0 saturated carbocycles. The van der Waals surface area contributed by atoms with Crippen molar-refractivity contribution in [3.05, 3.63) is 66.6 Å².